The lowest BCUT2D eigenvalue weighted by Gasteiger charge is -2.43. The summed E-state index contributed by atoms with van der Waals surface area (Å²) in [5.74, 6) is -0.579. The van der Waals surface area contributed by atoms with Gasteiger partial charge in [-0.25, -0.2) is 8.42 Å². The van der Waals surface area contributed by atoms with Crippen molar-refractivity contribution < 1.29 is 18.0 Å². The second-order valence-electron chi connectivity index (χ2n) is 4.98. The van der Waals surface area contributed by atoms with Gasteiger partial charge >= 0.3 is 0 Å². The van der Waals surface area contributed by atoms with Crippen LogP contribution < -0.4 is 5.32 Å². The third kappa shape index (κ3) is 2.82. The first-order valence-electron chi connectivity index (χ1n) is 5.94. The van der Waals surface area contributed by atoms with Gasteiger partial charge < -0.3 is 10.2 Å². The third-order valence-electron chi connectivity index (χ3n) is 3.28. The standard InChI is InChI=1S/C11H20N2O4S/c1-5-18(16,17)7-6-13-9(14)8(2)12-10(15)11(13,3)4/h8H,5-7H2,1-4H3,(H,12,15). The first-order chi connectivity index (χ1) is 8.12. The number of amides is 2. The molecule has 0 radical (unpaired) electrons. The predicted molar refractivity (Wildman–Crippen MR) is 67.7 cm³/mol. The minimum absolute atomic E-state index is 0.0389. The van der Waals surface area contributed by atoms with Gasteiger partial charge in [0.25, 0.3) is 0 Å². The van der Waals surface area contributed by atoms with Crippen LogP contribution in [0.1, 0.15) is 27.7 Å². The van der Waals surface area contributed by atoms with E-state index in [0.717, 1.165) is 0 Å². The van der Waals surface area contributed by atoms with E-state index in [1.165, 1.54) is 4.90 Å². The van der Waals surface area contributed by atoms with Gasteiger partial charge in [0.2, 0.25) is 11.8 Å². The zero-order chi connectivity index (χ0) is 14.1. The van der Waals surface area contributed by atoms with E-state index >= 15 is 0 Å². The molecule has 0 aromatic heterocycles. The topological polar surface area (TPSA) is 83.6 Å². The van der Waals surface area contributed by atoms with Crippen LogP contribution in [0.2, 0.25) is 0 Å². The van der Waals surface area contributed by atoms with Crippen molar-refractivity contribution in [2.24, 2.45) is 0 Å². The van der Waals surface area contributed by atoms with Crippen molar-refractivity contribution in [3.05, 3.63) is 0 Å². The van der Waals surface area contributed by atoms with Gasteiger partial charge in [0.15, 0.2) is 9.84 Å². The lowest BCUT2D eigenvalue weighted by Crippen LogP contribution is -2.68. The van der Waals surface area contributed by atoms with E-state index in [4.69, 9.17) is 0 Å². The molecule has 18 heavy (non-hydrogen) atoms. The molecule has 1 aliphatic rings. The van der Waals surface area contributed by atoms with Crippen molar-refractivity contribution in [2.45, 2.75) is 39.3 Å². The van der Waals surface area contributed by atoms with Crippen molar-refractivity contribution in [1.29, 1.82) is 0 Å². The van der Waals surface area contributed by atoms with E-state index in [9.17, 15) is 18.0 Å². The smallest absolute Gasteiger partial charge is 0.246 e. The molecule has 104 valence electrons. The lowest BCUT2D eigenvalue weighted by atomic mass is 9.96. The van der Waals surface area contributed by atoms with Gasteiger partial charge in [-0.1, -0.05) is 6.92 Å². The number of nitrogens with one attached hydrogen (secondary N) is 1. The van der Waals surface area contributed by atoms with Crippen molar-refractivity contribution in [1.82, 2.24) is 10.2 Å². The Labute approximate surface area is 108 Å². The van der Waals surface area contributed by atoms with Gasteiger partial charge in [-0.15, -0.1) is 0 Å². The number of hydrogen-bond acceptors (Lipinski definition) is 4. The van der Waals surface area contributed by atoms with Crippen molar-refractivity contribution >= 4 is 21.7 Å². The number of sulfone groups is 1. The summed E-state index contributed by atoms with van der Waals surface area (Å²) >= 11 is 0. The maximum absolute atomic E-state index is 12.0. The number of nitrogens with zero attached hydrogens (tertiary/aromatic N) is 1. The fourth-order valence-corrected chi connectivity index (χ4v) is 2.58. The molecule has 0 aromatic carbocycles. The van der Waals surface area contributed by atoms with E-state index in [1.807, 2.05) is 0 Å². The van der Waals surface area contributed by atoms with Crippen LogP contribution in [0.4, 0.5) is 0 Å². The highest BCUT2D eigenvalue weighted by atomic mass is 32.2. The first-order valence-corrected chi connectivity index (χ1v) is 7.77. The minimum Gasteiger partial charge on any atom is -0.343 e. The molecular weight excluding hydrogens is 256 g/mol. The third-order valence-corrected chi connectivity index (χ3v) is 4.96. The average molecular weight is 276 g/mol. The van der Waals surface area contributed by atoms with Gasteiger partial charge in [-0.2, -0.15) is 0 Å². The number of hydrogen-bond donors (Lipinski definition) is 1. The Morgan fingerprint density at radius 3 is 2.39 bits per heavy atom. The average Bonchev–Trinajstić information content (AvgIpc) is 2.26. The van der Waals surface area contributed by atoms with Crippen LogP contribution >= 0.6 is 0 Å². The highest BCUT2D eigenvalue weighted by Gasteiger charge is 2.44. The Hall–Kier alpha value is -1.11. The van der Waals surface area contributed by atoms with Crippen LogP contribution in [0.15, 0.2) is 0 Å². The molecule has 1 rings (SSSR count). The summed E-state index contributed by atoms with van der Waals surface area (Å²) in [4.78, 5) is 25.2. The molecule has 6 nitrogen and oxygen atoms in total. The zero-order valence-electron chi connectivity index (χ0n) is 11.2. The zero-order valence-corrected chi connectivity index (χ0v) is 12.0. The summed E-state index contributed by atoms with van der Waals surface area (Å²) in [6, 6.07) is -0.602. The molecule has 1 aliphatic heterocycles. The van der Waals surface area contributed by atoms with Crippen LogP contribution in [0.3, 0.4) is 0 Å². The maximum Gasteiger partial charge on any atom is 0.246 e. The summed E-state index contributed by atoms with van der Waals surface area (Å²) < 4.78 is 23.0. The Kier molecular flexibility index (Phi) is 4.05. The molecule has 0 bridgehead atoms. The van der Waals surface area contributed by atoms with Gasteiger partial charge in [0.05, 0.1) is 5.75 Å². The second-order valence-corrected chi connectivity index (χ2v) is 7.45. The predicted octanol–water partition coefficient (Wildman–Crippen LogP) is -0.453. The molecule has 0 saturated carbocycles. The SMILES string of the molecule is CCS(=O)(=O)CCN1C(=O)C(C)NC(=O)C1(C)C. The van der Waals surface area contributed by atoms with Crippen LogP contribution in [-0.2, 0) is 19.4 Å². The van der Waals surface area contributed by atoms with Gasteiger partial charge in [-0.3, -0.25) is 9.59 Å². The number of carbonyl (C=O) groups excluding carboxylic acids is 2. The fourth-order valence-electron chi connectivity index (χ4n) is 1.83. The lowest BCUT2D eigenvalue weighted by molar-refractivity contribution is -0.154. The summed E-state index contributed by atoms with van der Waals surface area (Å²) in [6.07, 6.45) is 0. The van der Waals surface area contributed by atoms with E-state index in [2.05, 4.69) is 5.32 Å². The molecule has 0 spiro atoms. The van der Waals surface area contributed by atoms with Crippen LogP contribution in [0, 0.1) is 0 Å². The molecule has 0 aliphatic carbocycles. The number of piperazine rings is 1. The van der Waals surface area contributed by atoms with Gasteiger partial charge in [0, 0.05) is 12.3 Å². The van der Waals surface area contributed by atoms with Crippen molar-refractivity contribution in [3.8, 4) is 0 Å². The first kappa shape index (κ1) is 14.9. The summed E-state index contributed by atoms with van der Waals surface area (Å²) in [7, 11) is -3.15. The molecular formula is C11H20N2O4S. The molecule has 1 saturated heterocycles. The summed E-state index contributed by atoms with van der Waals surface area (Å²) in [5.41, 5.74) is -1.01. The largest absolute Gasteiger partial charge is 0.343 e. The quantitative estimate of drug-likeness (QED) is 0.753. The van der Waals surface area contributed by atoms with Gasteiger partial charge in [0.1, 0.15) is 11.6 Å². The van der Waals surface area contributed by atoms with Gasteiger partial charge in [-0.05, 0) is 20.8 Å². The Bertz CT molecular complexity index is 456. The Balaban J connectivity index is 2.89. The molecule has 0 aromatic rings. The highest BCUT2D eigenvalue weighted by Crippen LogP contribution is 2.20. The molecule has 1 unspecified atom stereocenters. The van der Waals surface area contributed by atoms with E-state index in [-0.39, 0.29) is 29.9 Å². The van der Waals surface area contributed by atoms with Crippen LogP contribution in [0.5, 0.6) is 0 Å². The minimum atomic E-state index is -3.15. The Morgan fingerprint density at radius 2 is 1.89 bits per heavy atom. The van der Waals surface area contributed by atoms with Crippen molar-refractivity contribution in [2.75, 3.05) is 18.1 Å². The maximum atomic E-state index is 12.0. The Morgan fingerprint density at radius 1 is 1.33 bits per heavy atom. The monoisotopic (exact) mass is 276 g/mol. The molecule has 1 heterocycles. The number of rotatable bonds is 4. The molecule has 2 amide bonds. The molecule has 1 atom stereocenters. The van der Waals surface area contributed by atoms with E-state index in [1.54, 1.807) is 27.7 Å². The molecule has 1 N–H and O–H groups in total. The fraction of sp³-hybridized carbons (Fsp3) is 0.818. The van der Waals surface area contributed by atoms with E-state index in [0.29, 0.717) is 0 Å². The van der Waals surface area contributed by atoms with Crippen LogP contribution in [-0.4, -0.2) is 54.8 Å². The van der Waals surface area contributed by atoms with E-state index < -0.39 is 21.4 Å². The molecule has 7 heteroatoms. The normalized spacial score (nSPS) is 24.0. The molecule has 1 fully saturated rings. The number of carbonyl (C=O) groups is 2. The van der Waals surface area contributed by atoms with Crippen molar-refractivity contribution in [3.63, 3.8) is 0 Å². The second kappa shape index (κ2) is 4.87. The highest BCUT2D eigenvalue weighted by molar-refractivity contribution is 7.91. The van der Waals surface area contributed by atoms with Crippen LogP contribution in [0.25, 0.3) is 0 Å². The summed E-state index contributed by atoms with van der Waals surface area (Å²) in [5, 5.41) is 2.58. The summed E-state index contributed by atoms with van der Waals surface area (Å²) in [6.45, 7) is 6.44.